The summed E-state index contributed by atoms with van der Waals surface area (Å²) in [6.45, 7) is 4.96. The van der Waals surface area contributed by atoms with Crippen LogP contribution in [-0.2, 0) is 14.8 Å². The van der Waals surface area contributed by atoms with Crippen LogP contribution in [0, 0.1) is 5.92 Å². The van der Waals surface area contributed by atoms with Gasteiger partial charge in [0.15, 0.2) is 5.76 Å². The molecule has 0 spiro atoms. The van der Waals surface area contributed by atoms with Crippen LogP contribution in [-0.4, -0.2) is 62.3 Å². The third kappa shape index (κ3) is 5.11. The summed E-state index contributed by atoms with van der Waals surface area (Å²) in [6, 6.07) is 8.58. The number of amides is 2. The molecule has 2 heterocycles. The Morgan fingerprint density at radius 1 is 1.03 bits per heavy atom. The molecule has 0 aliphatic carbocycles. The van der Waals surface area contributed by atoms with E-state index in [0.717, 1.165) is 4.47 Å². The highest BCUT2D eigenvalue weighted by molar-refractivity contribution is 9.10. The molecule has 1 aromatic carbocycles. The largest absolute Gasteiger partial charge is 0.459 e. The fourth-order valence-corrected chi connectivity index (χ4v) is 4.81. The lowest BCUT2D eigenvalue weighted by atomic mass is 10.0. The van der Waals surface area contributed by atoms with Crippen molar-refractivity contribution in [3.05, 3.63) is 52.9 Å². The lowest BCUT2D eigenvalue weighted by Crippen LogP contribution is -2.57. The molecule has 0 unspecified atom stereocenters. The van der Waals surface area contributed by atoms with E-state index in [1.165, 1.54) is 18.4 Å². The molecule has 0 saturated carbocycles. The molecule has 2 aromatic rings. The first-order valence-electron chi connectivity index (χ1n) is 9.58. The maximum Gasteiger partial charge on any atom is 0.289 e. The van der Waals surface area contributed by atoms with E-state index >= 15 is 0 Å². The van der Waals surface area contributed by atoms with Gasteiger partial charge in [-0.05, 0) is 42.3 Å². The van der Waals surface area contributed by atoms with Crippen LogP contribution in [0.3, 0.4) is 0 Å². The second-order valence-corrected chi connectivity index (χ2v) is 10.0. The van der Waals surface area contributed by atoms with Crippen LogP contribution in [0.25, 0.3) is 0 Å². The van der Waals surface area contributed by atoms with Gasteiger partial charge in [0.05, 0.1) is 11.2 Å². The van der Waals surface area contributed by atoms with Gasteiger partial charge < -0.3 is 14.2 Å². The predicted molar refractivity (Wildman–Crippen MR) is 114 cm³/mol. The van der Waals surface area contributed by atoms with Crippen LogP contribution < -0.4 is 4.72 Å². The summed E-state index contributed by atoms with van der Waals surface area (Å²) in [5.41, 5.74) is 0. The molecule has 10 heteroatoms. The fraction of sp³-hybridized carbons (Fsp3) is 0.400. The summed E-state index contributed by atoms with van der Waals surface area (Å²) in [4.78, 5) is 28.8. The van der Waals surface area contributed by atoms with Crippen LogP contribution in [0.4, 0.5) is 0 Å². The van der Waals surface area contributed by atoms with Crippen molar-refractivity contribution in [1.82, 2.24) is 14.5 Å². The molecule has 1 fully saturated rings. The molecule has 1 aliphatic rings. The van der Waals surface area contributed by atoms with Gasteiger partial charge in [0.25, 0.3) is 5.91 Å². The molecule has 162 valence electrons. The third-order valence-electron chi connectivity index (χ3n) is 4.95. The Balaban J connectivity index is 1.66. The minimum atomic E-state index is -3.85. The highest BCUT2D eigenvalue weighted by Crippen LogP contribution is 2.18. The summed E-state index contributed by atoms with van der Waals surface area (Å²) in [5.74, 6) is -0.498. The number of sulfonamides is 1. The Morgan fingerprint density at radius 3 is 2.17 bits per heavy atom. The quantitative estimate of drug-likeness (QED) is 0.659. The molecule has 0 bridgehead atoms. The predicted octanol–water partition coefficient (Wildman–Crippen LogP) is 2.33. The van der Waals surface area contributed by atoms with Crippen LogP contribution >= 0.6 is 15.9 Å². The minimum absolute atomic E-state index is 0.0954. The number of piperazine rings is 1. The number of halogens is 1. The topological polar surface area (TPSA) is 99.9 Å². The summed E-state index contributed by atoms with van der Waals surface area (Å²) in [5, 5.41) is 0. The molecule has 1 saturated heterocycles. The first-order valence-corrected chi connectivity index (χ1v) is 11.9. The first-order chi connectivity index (χ1) is 14.2. The van der Waals surface area contributed by atoms with Crippen LogP contribution in [0.1, 0.15) is 24.4 Å². The number of rotatable bonds is 6. The first kappa shape index (κ1) is 22.5. The molecule has 1 N–H and O–H groups in total. The Hall–Kier alpha value is -2.17. The van der Waals surface area contributed by atoms with E-state index in [1.54, 1.807) is 47.9 Å². The van der Waals surface area contributed by atoms with E-state index in [-0.39, 0.29) is 28.4 Å². The summed E-state index contributed by atoms with van der Waals surface area (Å²) in [7, 11) is -3.85. The zero-order valence-electron chi connectivity index (χ0n) is 16.7. The average molecular weight is 498 g/mol. The Morgan fingerprint density at radius 2 is 1.63 bits per heavy atom. The molecule has 1 aliphatic heterocycles. The number of nitrogens with zero attached hydrogens (tertiary/aromatic N) is 2. The lowest BCUT2D eigenvalue weighted by Gasteiger charge is -2.37. The van der Waals surface area contributed by atoms with Crippen LogP contribution in [0.2, 0.25) is 0 Å². The lowest BCUT2D eigenvalue weighted by molar-refractivity contribution is -0.135. The van der Waals surface area contributed by atoms with Crippen LogP contribution in [0.15, 0.2) is 56.4 Å². The van der Waals surface area contributed by atoms with Crippen molar-refractivity contribution >= 4 is 37.8 Å². The van der Waals surface area contributed by atoms with Gasteiger partial charge in [0, 0.05) is 30.7 Å². The molecule has 3 rings (SSSR count). The zero-order valence-corrected chi connectivity index (χ0v) is 19.1. The highest BCUT2D eigenvalue weighted by Gasteiger charge is 2.34. The monoisotopic (exact) mass is 497 g/mol. The Labute approximate surface area is 184 Å². The average Bonchev–Trinajstić information content (AvgIpc) is 3.26. The van der Waals surface area contributed by atoms with E-state index in [4.69, 9.17) is 4.42 Å². The maximum atomic E-state index is 13.1. The van der Waals surface area contributed by atoms with Crippen molar-refractivity contribution in [2.24, 2.45) is 5.92 Å². The number of benzene rings is 1. The molecule has 1 aromatic heterocycles. The van der Waals surface area contributed by atoms with E-state index < -0.39 is 16.1 Å². The van der Waals surface area contributed by atoms with Gasteiger partial charge in [-0.25, -0.2) is 8.42 Å². The molecule has 1 atom stereocenters. The summed E-state index contributed by atoms with van der Waals surface area (Å²) < 4.78 is 34.0. The molecular formula is C20H24BrN3O5S. The number of carbonyl (C=O) groups excluding carboxylic acids is 2. The molecule has 2 amide bonds. The van der Waals surface area contributed by atoms with E-state index in [1.807, 2.05) is 0 Å². The Bertz CT molecular complexity index is 982. The summed E-state index contributed by atoms with van der Waals surface area (Å²) >= 11 is 3.28. The number of nitrogens with one attached hydrogen (secondary N) is 1. The Kier molecular flexibility index (Phi) is 6.99. The van der Waals surface area contributed by atoms with Gasteiger partial charge in [-0.2, -0.15) is 4.72 Å². The van der Waals surface area contributed by atoms with Gasteiger partial charge in [0.2, 0.25) is 15.9 Å². The van der Waals surface area contributed by atoms with E-state index in [2.05, 4.69) is 20.7 Å². The van der Waals surface area contributed by atoms with Gasteiger partial charge in [0.1, 0.15) is 6.04 Å². The minimum Gasteiger partial charge on any atom is -0.459 e. The molecule has 8 nitrogen and oxygen atoms in total. The van der Waals surface area contributed by atoms with Crippen molar-refractivity contribution in [1.29, 1.82) is 0 Å². The van der Waals surface area contributed by atoms with Crippen molar-refractivity contribution in [2.45, 2.75) is 24.8 Å². The molecule has 30 heavy (non-hydrogen) atoms. The van der Waals surface area contributed by atoms with Crippen molar-refractivity contribution in [3.63, 3.8) is 0 Å². The van der Waals surface area contributed by atoms with Crippen LogP contribution in [0.5, 0.6) is 0 Å². The molecule has 0 radical (unpaired) electrons. The molecular weight excluding hydrogens is 474 g/mol. The van der Waals surface area contributed by atoms with Gasteiger partial charge in [-0.1, -0.05) is 29.8 Å². The highest BCUT2D eigenvalue weighted by atomic mass is 79.9. The van der Waals surface area contributed by atoms with Gasteiger partial charge >= 0.3 is 0 Å². The number of carbonyl (C=O) groups is 2. The normalized spacial score (nSPS) is 16.0. The number of hydrogen-bond acceptors (Lipinski definition) is 5. The second-order valence-electron chi connectivity index (χ2n) is 7.39. The SMILES string of the molecule is CC(C)[C@H](NS(=O)(=O)c1ccc(Br)cc1)C(=O)N1CCN(C(=O)c2ccco2)CC1. The van der Waals surface area contributed by atoms with Gasteiger partial charge in [-0.15, -0.1) is 0 Å². The fourth-order valence-electron chi connectivity index (χ4n) is 3.20. The smallest absolute Gasteiger partial charge is 0.289 e. The number of furan rings is 1. The zero-order chi connectivity index (χ0) is 21.9. The van der Waals surface area contributed by atoms with Crippen molar-refractivity contribution in [2.75, 3.05) is 26.2 Å². The van der Waals surface area contributed by atoms with Gasteiger partial charge in [-0.3, -0.25) is 9.59 Å². The number of hydrogen-bond donors (Lipinski definition) is 1. The second kappa shape index (κ2) is 9.32. The third-order valence-corrected chi connectivity index (χ3v) is 6.93. The van der Waals surface area contributed by atoms with E-state index in [9.17, 15) is 18.0 Å². The van der Waals surface area contributed by atoms with E-state index in [0.29, 0.717) is 26.2 Å². The summed E-state index contributed by atoms with van der Waals surface area (Å²) in [6.07, 6.45) is 1.44. The van der Waals surface area contributed by atoms with Crippen molar-refractivity contribution in [3.8, 4) is 0 Å². The standard InChI is InChI=1S/C20H24BrN3O5S/c1-14(2)18(22-30(27,28)16-7-5-15(21)6-8-16)20(26)24-11-9-23(10-12-24)19(25)17-4-3-13-29-17/h3-8,13-14,18,22H,9-12H2,1-2H3/t18-/m0/s1. The van der Waals surface area contributed by atoms with Crippen molar-refractivity contribution < 1.29 is 22.4 Å². The maximum absolute atomic E-state index is 13.1.